The minimum Gasteiger partial charge on any atom is -0.361 e. The normalized spacial score (nSPS) is 12.9. The van der Waals surface area contributed by atoms with Crippen LogP contribution in [0.25, 0.3) is 10.9 Å². The summed E-state index contributed by atoms with van der Waals surface area (Å²) in [5.74, 6) is -2.79. The molecule has 0 spiro atoms. The first-order chi connectivity index (χ1) is 10.8. The number of halogens is 3. The molecule has 1 unspecified atom stereocenters. The highest BCUT2D eigenvalue weighted by Crippen LogP contribution is 2.17. The van der Waals surface area contributed by atoms with E-state index in [1.54, 1.807) is 5.32 Å². The van der Waals surface area contributed by atoms with Crippen LogP contribution in [-0.4, -0.2) is 35.6 Å². The van der Waals surface area contributed by atoms with Crippen molar-refractivity contribution in [1.82, 2.24) is 15.6 Å². The summed E-state index contributed by atoms with van der Waals surface area (Å²) in [5.41, 5.74) is 1.97. The number of aromatic nitrogens is 1. The highest BCUT2D eigenvalue weighted by molar-refractivity contribution is 5.89. The van der Waals surface area contributed by atoms with E-state index in [0.717, 1.165) is 16.5 Å². The Hall–Kier alpha value is -2.51. The second kappa shape index (κ2) is 6.72. The minimum atomic E-state index is -5.00. The van der Waals surface area contributed by atoms with Crippen LogP contribution in [0.5, 0.6) is 0 Å². The molecule has 0 aliphatic rings. The third-order valence-electron chi connectivity index (χ3n) is 3.37. The standard InChI is InChI=1S/C15H16F3N3O2/c1-9(21-14(23)15(16,17)18)13(22)19-7-6-10-8-20-12-5-3-2-4-11(10)12/h2-5,8-9,20H,6-7H2,1H3,(H,19,22)(H,21,23). The summed E-state index contributed by atoms with van der Waals surface area (Å²) < 4.78 is 36.3. The van der Waals surface area contributed by atoms with Crippen LogP contribution < -0.4 is 10.6 Å². The molecule has 0 saturated heterocycles. The number of nitrogens with one attached hydrogen (secondary N) is 3. The molecular formula is C15H16F3N3O2. The zero-order chi connectivity index (χ0) is 17.0. The lowest BCUT2D eigenvalue weighted by molar-refractivity contribution is -0.174. The highest BCUT2D eigenvalue weighted by atomic mass is 19.4. The van der Waals surface area contributed by atoms with Crippen LogP contribution in [-0.2, 0) is 16.0 Å². The molecule has 1 aromatic heterocycles. The van der Waals surface area contributed by atoms with Crippen LogP contribution in [0.3, 0.4) is 0 Å². The quantitative estimate of drug-likeness (QED) is 0.785. The van der Waals surface area contributed by atoms with Gasteiger partial charge in [-0.25, -0.2) is 0 Å². The largest absolute Gasteiger partial charge is 0.471 e. The fraction of sp³-hybridized carbons (Fsp3) is 0.333. The molecule has 0 aliphatic carbocycles. The van der Waals surface area contributed by atoms with Crippen molar-refractivity contribution in [3.05, 3.63) is 36.0 Å². The SMILES string of the molecule is CC(NC(=O)C(F)(F)F)C(=O)NCCc1c[nH]c2ccccc12. The molecule has 3 N–H and O–H groups in total. The lowest BCUT2D eigenvalue weighted by Gasteiger charge is -2.15. The van der Waals surface area contributed by atoms with Crippen molar-refractivity contribution in [2.24, 2.45) is 0 Å². The van der Waals surface area contributed by atoms with Gasteiger partial charge in [-0.2, -0.15) is 13.2 Å². The van der Waals surface area contributed by atoms with Crippen molar-refractivity contribution in [3.8, 4) is 0 Å². The number of aromatic amines is 1. The number of para-hydroxylation sites is 1. The Morgan fingerprint density at radius 1 is 1.26 bits per heavy atom. The predicted molar refractivity (Wildman–Crippen MR) is 78.7 cm³/mol. The maximum atomic E-state index is 12.1. The molecule has 1 atom stereocenters. The molecule has 23 heavy (non-hydrogen) atoms. The Morgan fingerprint density at radius 2 is 1.96 bits per heavy atom. The van der Waals surface area contributed by atoms with Gasteiger partial charge in [-0.3, -0.25) is 9.59 Å². The zero-order valence-corrected chi connectivity index (χ0v) is 12.3. The molecule has 5 nitrogen and oxygen atoms in total. The number of H-pyrrole nitrogens is 1. The van der Waals surface area contributed by atoms with E-state index in [-0.39, 0.29) is 6.54 Å². The van der Waals surface area contributed by atoms with Crippen LogP contribution in [0.2, 0.25) is 0 Å². The number of carbonyl (C=O) groups is 2. The van der Waals surface area contributed by atoms with Gasteiger partial charge in [-0.1, -0.05) is 18.2 Å². The molecule has 0 aliphatic heterocycles. The molecule has 0 saturated carbocycles. The van der Waals surface area contributed by atoms with Crippen molar-refractivity contribution in [3.63, 3.8) is 0 Å². The van der Waals surface area contributed by atoms with Gasteiger partial charge in [0.15, 0.2) is 0 Å². The minimum absolute atomic E-state index is 0.257. The molecule has 1 aromatic carbocycles. The van der Waals surface area contributed by atoms with Gasteiger partial charge in [0.25, 0.3) is 0 Å². The molecule has 1 heterocycles. The topological polar surface area (TPSA) is 74.0 Å². The molecule has 0 radical (unpaired) electrons. The molecule has 2 rings (SSSR count). The fourth-order valence-electron chi connectivity index (χ4n) is 2.16. The summed E-state index contributed by atoms with van der Waals surface area (Å²) in [6.45, 7) is 1.46. The Balaban J connectivity index is 1.84. The smallest absolute Gasteiger partial charge is 0.361 e. The first-order valence-corrected chi connectivity index (χ1v) is 6.99. The van der Waals surface area contributed by atoms with E-state index in [9.17, 15) is 22.8 Å². The van der Waals surface area contributed by atoms with Crippen LogP contribution >= 0.6 is 0 Å². The highest BCUT2D eigenvalue weighted by Gasteiger charge is 2.39. The lowest BCUT2D eigenvalue weighted by atomic mass is 10.1. The van der Waals surface area contributed by atoms with Gasteiger partial charge in [0.05, 0.1) is 0 Å². The maximum Gasteiger partial charge on any atom is 0.471 e. The Labute approximate surface area is 130 Å². The number of carbonyl (C=O) groups excluding carboxylic acids is 2. The lowest BCUT2D eigenvalue weighted by Crippen LogP contribution is -2.49. The number of fused-ring (bicyclic) bond motifs is 1. The molecule has 8 heteroatoms. The number of hydrogen-bond donors (Lipinski definition) is 3. The maximum absolute atomic E-state index is 12.1. The van der Waals surface area contributed by atoms with Crippen molar-refractivity contribution >= 4 is 22.7 Å². The first kappa shape index (κ1) is 16.9. The Morgan fingerprint density at radius 3 is 2.65 bits per heavy atom. The average molecular weight is 327 g/mol. The van der Waals surface area contributed by atoms with Gasteiger partial charge in [-0.05, 0) is 25.0 Å². The summed E-state index contributed by atoms with van der Waals surface area (Å²) in [6.07, 6.45) is -2.65. The number of alkyl halides is 3. The molecule has 0 fully saturated rings. The van der Waals surface area contributed by atoms with E-state index in [1.807, 2.05) is 30.5 Å². The average Bonchev–Trinajstić information content (AvgIpc) is 2.89. The summed E-state index contributed by atoms with van der Waals surface area (Å²) >= 11 is 0. The van der Waals surface area contributed by atoms with Gasteiger partial charge in [0.1, 0.15) is 6.04 Å². The van der Waals surface area contributed by atoms with Gasteiger partial charge in [0, 0.05) is 23.6 Å². The van der Waals surface area contributed by atoms with Crippen molar-refractivity contribution in [1.29, 1.82) is 0 Å². The molecular weight excluding hydrogens is 311 g/mol. The molecule has 124 valence electrons. The molecule has 2 aromatic rings. The van der Waals surface area contributed by atoms with E-state index in [1.165, 1.54) is 6.92 Å². The van der Waals surface area contributed by atoms with Gasteiger partial charge >= 0.3 is 12.1 Å². The van der Waals surface area contributed by atoms with Gasteiger partial charge in [0.2, 0.25) is 5.91 Å². The number of benzene rings is 1. The first-order valence-electron chi connectivity index (χ1n) is 6.99. The summed E-state index contributed by atoms with van der Waals surface area (Å²) in [4.78, 5) is 25.6. The monoisotopic (exact) mass is 327 g/mol. The summed E-state index contributed by atoms with van der Waals surface area (Å²) in [6, 6.07) is 6.40. The third kappa shape index (κ3) is 4.24. The summed E-state index contributed by atoms with van der Waals surface area (Å²) in [7, 11) is 0. The third-order valence-corrected chi connectivity index (χ3v) is 3.37. The van der Waals surface area contributed by atoms with Crippen LogP contribution in [0, 0.1) is 0 Å². The summed E-state index contributed by atoms with van der Waals surface area (Å²) in [5, 5.41) is 5.15. The van der Waals surface area contributed by atoms with Crippen molar-refractivity contribution in [2.75, 3.05) is 6.54 Å². The predicted octanol–water partition coefficient (Wildman–Crippen LogP) is 1.89. The van der Waals surface area contributed by atoms with E-state index in [2.05, 4.69) is 10.3 Å². The van der Waals surface area contributed by atoms with E-state index in [4.69, 9.17) is 0 Å². The number of hydrogen-bond acceptors (Lipinski definition) is 2. The number of rotatable bonds is 5. The van der Waals surface area contributed by atoms with Crippen LogP contribution in [0.15, 0.2) is 30.5 Å². The Kier molecular flexibility index (Phi) is 4.92. The Bertz CT molecular complexity index is 709. The molecule has 0 bridgehead atoms. The van der Waals surface area contributed by atoms with Crippen LogP contribution in [0.1, 0.15) is 12.5 Å². The number of amides is 2. The van der Waals surface area contributed by atoms with Crippen LogP contribution in [0.4, 0.5) is 13.2 Å². The van der Waals surface area contributed by atoms with Crippen molar-refractivity contribution < 1.29 is 22.8 Å². The second-order valence-electron chi connectivity index (χ2n) is 5.09. The van der Waals surface area contributed by atoms with Gasteiger partial charge in [-0.15, -0.1) is 0 Å². The fourth-order valence-corrected chi connectivity index (χ4v) is 2.16. The second-order valence-corrected chi connectivity index (χ2v) is 5.09. The van der Waals surface area contributed by atoms with E-state index in [0.29, 0.717) is 6.42 Å². The van der Waals surface area contributed by atoms with E-state index >= 15 is 0 Å². The zero-order valence-electron chi connectivity index (χ0n) is 12.3. The van der Waals surface area contributed by atoms with Crippen molar-refractivity contribution in [2.45, 2.75) is 25.6 Å². The van der Waals surface area contributed by atoms with E-state index < -0.39 is 24.0 Å². The molecule has 2 amide bonds. The van der Waals surface area contributed by atoms with Gasteiger partial charge < -0.3 is 15.6 Å².